The van der Waals surface area contributed by atoms with Gasteiger partial charge in [-0.15, -0.1) is 11.3 Å². The first-order chi connectivity index (χ1) is 10.1. The molecule has 0 aliphatic heterocycles. The van der Waals surface area contributed by atoms with Gasteiger partial charge in [0.05, 0.1) is 5.69 Å². The number of aryl methyl sites for hydroxylation is 1. The van der Waals surface area contributed by atoms with Crippen molar-refractivity contribution in [1.82, 2.24) is 20.3 Å². The van der Waals surface area contributed by atoms with Crippen LogP contribution >= 0.6 is 11.3 Å². The Hall–Kier alpha value is -1.33. The lowest BCUT2D eigenvalue weighted by Crippen LogP contribution is -2.15. The minimum Gasteiger partial charge on any atom is -0.309 e. The van der Waals surface area contributed by atoms with Gasteiger partial charge in [0.1, 0.15) is 0 Å². The van der Waals surface area contributed by atoms with Crippen LogP contribution in [0.25, 0.3) is 10.8 Å². The average Bonchev–Trinajstić information content (AvgIpc) is 3.19. The number of nitrogens with zero attached hydrogens (tertiary/aromatic N) is 3. The van der Waals surface area contributed by atoms with Gasteiger partial charge in [-0.2, -0.15) is 0 Å². The van der Waals surface area contributed by atoms with E-state index in [9.17, 15) is 0 Å². The van der Waals surface area contributed by atoms with Crippen molar-refractivity contribution in [1.29, 1.82) is 0 Å². The smallest absolute Gasteiger partial charge is 0.188 e. The summed E-state index contributed by atoms with van der Waals surface area (Å²) in [7, 11) is 0. The zero-order chi connectivity index (χ0) is 14.8. The molecule has 0 saturated heterocycles. The molecule has 1 N–H and O–H groups in total. The first-order valence-corrected chi connectivity index (χ1v) is 8.44. The third kappa shape index (κ3) is 3.86. The van der Waals surface area contributed by atoms with Crippen LogP contribution in [0.15, 0.2) is 12.4 Å². The summed E-state index contributed by atoms with van der Waals surface area (Å²) in [6, 6.07) is 0.720. The summed E-state index contributed by atoms with van der Waals surface area (Å²) in [4.78, 5) is 15.0. The van der Waals surface area contributed by atoms with E-state index in [1.807, 2.05) is 19.3 Å². The Morgan fingerprint density at radius 3 is 2.62 bits per heavy atom. The molecule has 0 spiro atoms. The molecule has 0 bridgehead atoms. The van der Waals surface area contributed by atoms with Crippen LogP contribution in [0.5, 0.6) is 0 Å². The van der Waals surface area contributed by atoms with Gasteiger partial charge in [0.2, 0.25) is 0 Å². The molecule has 0 amide bonds. The van der Waals surface area contributed by atoms with Crippen LogP contribution < -0.4 is 5.32 Å². The van der Waals surface area contributed by atoms with E-state index in [0.717, 1.165) is 35.4 Å². The van der Waals surface area contributed by atoms with Crippen molar-refractivity contribution >= 4 is 11.3 Å². The molecule has 0 aromatic carbocycles. The first-order valence-electron chi connectivity index (χ1n) is 7.63. The van der Waals surface area contributed by atoms with Crippen LogP contribution in [-0.2, 0) is 13.0 Å². The highest BCUT2D eigenvalue weighted by Gasteiger charge is 2.22. The van der Waals surface area contributed by atoms with Crippen LogP contribution in [0, 0.1) is 12.8 Å². The molecule has 1 aliphatic carbocycles. The van der Waals surface area contributed by atoms with Gasteiger partial charge in [-0.25, -0.2) is 15.0 Å². The lowest BCUT2D eigenvalue weighted by atomic mass is 10.1. The third-order valence-electron chi connectivity index (χ3n) is 3.48. The van der Waals surface area contributed by atoms with Crippen LogP contribution in [0.3, 0.4) is 0 Å². The molecular formula is C16H22N4S. The number of hydrogen-bond acceptors (Lipinski definition) is 5. The van der Waals surface area contributed by atoms with Crippen molar-refractivity contribution < 1.29 is 0 Å². The number of hydrogen-bond donors (Lipinski definition) is 1. The molecule has 0 radical (unpaired) electrons. The molecule has 1 aliphatic rings. The van der Waals surface area contributed by atoms with Crippen LogP contribution in [0.4, 0.5) is 0 Å². The topological polar surface area (TPSA) is 50.7 Å². The Kier molecular flexibility index (Phi) is 4.31. The third-order valence-corrected chi connectivity index (χ3v) is 4.57. The molecule has 5 heteroatoms. The zero-order valence-corrected chi connectivity index (χ0v) is 13.7. The second kappa shape index (κ2) is 6.20. The fourth-order valence-corrected chi connectivity index (χ4v) is 3.18. The maximum atomic E-state index is 4.80. The second-order valence-corrected chi connectivity index (χ2v) is 7.31. The van der Waals surface area contributed by atoms with E-state index in [2.05, 4.69) is 29.1 Å². The standard InChI is InChI=1S/C16H22N4S/c1-10(2)6-13-14(9-17-12-4-5-12)21-16(20-13)15-18-7-11(3)8-19-15/h7-8,10,12,17H,4-6,9H2,1-3H3. The fraction of sp³-hybridized carbons (Fsp3) is 0.562. The number of aromatic nitrogens is 3. The quantitative estimate of drug-likeness (QED) is 0.889. The Bertz CT molecular complexity index is 599. The largest absolute Gasteiger partial charge is 0.309 e. The summed E-state index contributed by atoms with van der Waals surface area (Å²) in [6.45, 7) is 7.40. The van der Waals surface area contributed by atoms with Gasteiger partial charge in [-0.1, -0.05) is 13.8 Å². The van der Waals surface area contributed by atoms with Crippen LogP contribution in [-0.4, -0.2) is 21.0 Å². The fourth-order valence-electron chi connectivity index (χ4n) is 2.19. The lowest BCUT2D eigenvalue weighted by molar-refractivity contribution is 0.624. The highest BCUT2D eigenvalue weighted by atomic mass is 32.1. The molecular weight excluding hydrogens is 280 g/mol. The minimum atomic E-state index is 0.610. The van der Waals surface area contributed by atoms with Gasteiger partial charge in [-0.05, 0) is 37.7 Å². The molecule has 21 heavy (non-hydrogen) atoms. The number of thiazole rings is 1. The van der Waals surface area contributed by atoms with E-state index in [-0.39, 0.29) is 0 Å². The molecule has 2 aromatic rings. The van der Waals surface area contributed by atoms with Crippen LogP contribution in [0.1, 0.15) is 42.8 Å². The van der Waals surface area contributed by atoms with Crippen molar-refractivity contribution in [3.05, 3.63) is 28.5 Å². The van der Waals surface area contributed by atoms with E-state index in [1.54, 1.807) is 11.3 Å². The minimum absolute atomic E-state index is 0.610. The molecule has 2 heterocycles. The summed E-state index contributed by atoms with van der Waals surface area (Å²) in [6.07, 6.45) is 7.35. The van der Waals surface area contributed by atoms with Crippen LogP contribution in [0.2, 0.25) is 0 Å². The summed E-state index contributed by atoms with van der Waals surface area (Å²) >= 11 is 1.73. The van der Waals surface area contributed by atoms with Crippen molar-refractivity contribution in [2.45, 2.75) is 52.6 Å². The van der Waals surface area contributed by atoms with Crippen molar-refractivity contribution in [2.24, 2.45) is 5.92 Å². The van der Waals surface area contributed by atoms with E-state index < -0.39 is 0 Å². The van der Waals surface area contributed by atoms with E-state index in [1.165, 1.54) is 23.4 Å². The van der Waals surface area contributed by atoms with Gasteiger partial charge < -0.3 is 5.32 Å². The first kappa shape index (κ1) is 14.6. The Morgan fingerprint density at radius 1 is 1.29 bits per heavy atom. The summed E-state index contributed by atoms with van der Waals surface area (Å²) in [5, 5.41) is 4.53. The Balaban J connectivity index is 1.84. The molecule has 1 saturated carbocycles. The van der Waals surface area contributed by atoms with Gasteiger partial charge >= 0.3 is 0 Å². The Morgan fingerprint density at radius 2 is 2.00 bits per heavy atom. The molecule has 1 fully saturated rings. The highest BCUT2D eigenvalue weighted by molar-refractivity contribution is 7.15. The van der Waals surface area contributed by atoms with E-state index >= 15 is 0 Å². The van der Waals surface area contributed by atoms with Crippen molar-refractivity contribution in [3.63, 3.8) is 0 Å². The predicted molar refractivity (Wildman–Crippen MR) is 86.3 cm³/mol. The SMILES string of the molecule is Cc1cnc(-c2nc(CC(C)C)c(CNC3CC3)s2)nc1. The van der Waals surface area contributed by atoms with Gasteiger partial charge in [0.25, 0.3) is 0 Å². The highest BCUT2D eigenvalue weighted by Crippen LogP contribution is 2.28. The average molecular weight is 302 g/mol. The molecule has 0 unspecified atom stereocenters. The van der Waals surface area contributed by atoms with E-state index in [4.69, 9.17) is 4.98 Å². The lowest BCUT2D eigenvalue weighted by Gasteiger charge is -2.05. The van der Waals surface area contributed by atoms with Crippen molar-refractivity contribution in [3.8, 4) is 10.8 Å². The second-order valence-electron chi connectivity index (χ2n) is 6.23. The number of nitrogens with one attached hydrogen (secondary N) is 1. The normalized spacial score (nSPS) is 14.9. The monoisotopic (exact) mass is 302 g/mol. The zero-order valence-electron chi connectivity index (χ0n) is 12.9. The van der Waals surface area contributed by atoms with Crippen molar-refractivity contribution in [2.75, 3.05) is 0 Å². The molecule has 112 valence electrons. The summed E-state index contributed by atoms with van der Waals surface area (Å²) in [5.41, 5.74) is 2.29. The van der Waals surface area contributed by atoms with Gasteiger partial charge in [-0.3, -0.25) is 0 Å². The Labute approximate surface area is 130 Å². The molecule has 2 aromatic heterocycles. The van der Waals surface area contributed by atoms with Gasteiger partial charge in [0.15, 0.2) is 10.8 Å². The number of rotatable bonds is 6. The molecule has 3 rings (SSSR count). The summed E-state index contributed by atoms with van der Waals surface area (Å²) < 4.78 is 0. The molecule has 4 nitrogen and oxygen atoms in total. The maximum Gasteiger partial charge on any atom is 0.188 e. The van der Waals surface area contributed by atoms with Gasteiger partial charge in [0, 0.05) is 29.9 Å². The molecule has 0 atom stereocenters. The van der Waals surface area contributed by atoms with E-state index in [0.29, 0.717) is 5.92 Å². The summed E-state index contributed by atoms with van der Waals surface area (Å²) in [5.74, 6) is 1.35. The maximum absolute atomic E-state index is 4.80. The predicted octanol–water partition coefficient (Wildman–Crippen LogP) is 3.36.